The number of hydrazine groups is 1. The van der Waals surface area contributed by atoms with Crippen molar-refractivity contribution in [2.24, 2.45) is 5.73 Å². The molecule has 1 aliphatic rings. The third-order valence-corrected chi connectivity index (χ3v) is 4.06. The summed E-state index contributed by atoms with van der Waals surface area (Å²) in [5.41, 5.74) is 8.35. The lowest BCUT2D eigenvalue weighted by Crippen LogP contribution is -2.53. The van der Waals surface area contributed by atoms with Crippen molar-refractivity contribution in [3.63, 3.8) is 0 Å². The molecule has 1 atom stereocenters. The zero-order valence-corrected chi connectivity index (χ0v) is 13.3. The van der Waals surface area contributed by atoms with Gasteiger partial charge in [-0.2, -0.15) is 0 Å². The highest BCUT2D eigenvalue weighted by Gasteiger charge is 2.33. The van der Waals surface area contributed by atoms with E-state index in [0.29, 0.717) is 0 Å². The van der Waals surface area contributed by atoms with E-state index in [9.17, 15) is 14.0 Å². The molecule has 0 aliphatic carbocycles. The van der Waals surface area contributed by atoms with Gasteiger partial charge in [-0.25, -0.2) is 4.39 Å². The van der Waals surface area contributed by atoms with Crippen molar-refractivity contribution in [2.45, 2.75) is 17.9 Å². The Balaban J connectivity index is 2.35. The van der Waals surface area contributed by atoms with Crippen LogP contribution in [0.15, 0.2) is 35.0 Å². The van der Waals surface area contributed by atoms with Gasteiger partial charge < -0.3 is 10.6 Å². The minimum Gasteiger partial charge on any atom is -0.364 e. The van der Waals surface area contributed by atoms with Crippen molar-refractivity contribution in [1.29, 1.82) is 0 Å². The number of hydrogen-bond acceptors (Lipinski definition) is 5. The Morgan fingerprint density at radius 3 is 2.68 bits per heavy atom. The number of thioether (sulfide) groups is 1. The van der Waals surface area contributed by atoms with Crippen LogP contribution in [0.2, 0.25) is 0 Å². The van der Waals surface area contributed by atoms with Gasteiger partial charge in [0.25, 0.3) is 11.8 Å². The fourth-order valence-electron chi connectivity index (χ4n) is 2.11. The van der Waals surface area contributed by atoms with E-state index in [1.54, 1.807) is 19.1 Å². The molecule has 0 fully saturated rings. The maximum atomic E-state index is 14.1. The Bertz CT molecular complexity index is 650. The van der Waals surface area contributed by atoms with Gasteiger partial charge in [-0.1, -0.05) is 0 Å². The van der Waals surface area contributed by atoms with E-state index < -0.39 is 17.8 Å². The number of nitrogens with zero attached hydrogens (tertiary/aromatic N) is 2. The zero-order chi connectivity index (χ0) is 16.4. The van der Waals surface area contributed by atoms with Crippen molar-refractivity contribution in [2.75, 3.05) is 18.7 Å². The van der Waals surface area contributed by atoms with Crippen LogP contribution in [-0.2, 0) is 9.59 Å². The Morgan fingerprint density at radius 2 is 2.14 bits per heavy atom. The van der Waals surface area contributed by atoms with Crippen LogP contribution in [0.1, 0.15) is 6.92 Å². The van der Waals surface area contributed by atoms with Crippen LogP contribution in [0.5, 0.6) is 0 Å². The number of nitrogens with one attached hydrogen (secondary N) is 1. The first-order chi connectivity index (χ1) is 10.3. The average molecular weight is 324 g/mol. The maximum absolute atomic E-state index is 14.1. The van der Waals surface area contributed by atoms with Crippen molar-refractivity contribution in [3.8, 4) is 0 Å². The Labute approximate surface area is 132 Å². The van der Waals surface area contributed by atoms with Crippen LogP contribution in [0, 0.1) is 5.82 Å². The molecule has 8 heteroatoms. The largest absolute Gasteiger partial charge is 0.364 e. The van der Waals surface area contributed by atoms with Crippen LogP contribution >= 0.6 is 11.8 Å². The number of carbonyl (C=O) groups is 2. The van der Waals surface area contributed by atoms with Gasteiger partial charge in [-0.05, 0) is 31.4 Å². The lowest BCUT2D eigenvalue weighted by atomic mass is 10.2. The molecule has 2 amide bonds. The molecule has 22 heavy (non-hydrogen) atoms. The number of halogens is 1. The summed E-state index contributed by atoms with van der Waals surface area (Å²) in [5.74, 6) is -1.42. The quantitative estimate of drug-likeness (QED) is 0.818. The summed E-state index contributed by atoms with van der Waals surface area (Å²) in [4.78, 5) is 25.7. The van der Waals surface area contributed by atoms with Gasteiger partial charge in [-0.15, -0.1) is 11.8 Å². The summed E-state index contributed by atoms with van der Waals surface area (Å²) in [6, 6.07) is 3.97. The van der Waals surface area contributed by atoms with E-state index in [1.807, 2.05) is 6.26 Å². The minimum atomic E-state index is -0.708. The second-order valence-corrected chi connectivity index (χ2v) is 5.71. The molecular weight excluding hydrogens is 307 g/mol. The summed E-state index contributed by atoms with van der Waals surface area (Å²) < 4.78 is 14.1. The van der Waals surface area contributed by atoms with E-state index in [0.717, 1.165) is 4.90 Å². The molecule has 0 bridgehead atoms. The predicted molar refractivity (Wildman–Crippen MR) is 83.2 cm³/mol. The van der Waals surface area contributed by atoms with Gasteiger partial charge in [0.1, 0.15) is 17.6 Å². The number of benzene rings is 1. The van der Waals surface area contributed by atoms with Gasteiger partial charge in [0.2, 0.25) is 0 Å². The van der Waals surface area contributed by atoms with E-state index in [-0.39, 0.29) is 17.3 Å². The third kappa shape index (κ3) is 3.01. The average Bonchev–Trinajstić information content (AvgIpc) is 2.48. The molecule has 1 aromatic rings. The topological polar surface area (TPSA) is 78.7 Å². The Kier molecular flexibility index (Phi) is 4.60. The molecule has 2 rings (SSSR count). The van der Waals surface area contributed by atoms with Crippen molar-refractivity contribution < 1.29 is 14.0 Å². The maximum Gasteiger partial charge on any atom is 0.268 e. The molecule has 1 heterocycles. The number of anilines is 1. The molecule has 0 spiro atoms. The molecule has 0 saturated carbocycles. The zero-order valence-electron chi connectivity index (χ0n) is 12.5. The second kappa shape index (κ2) is 6.27. The molecule has 1 aliphatic heterocycles. The molecule has 118 valence electrons. The minimum absolute atomic E-state index is 0.0861. The number of primary amides is 1. The Hall–Kier alpha value is -2.22. The molecule has 0 radical (unpaired) electrons. The molecule has 0 saturated heterocycles. The van der Waals surface area contributed by atoms with Gasteiger partial charge in [0.05, 0.1) is 5.69 Å². The molecule has 3 N–H and O–H groups in total. The van der Waals surface area contributed by atoms with Crippen molar-refractivity contribution in [3.05, 3.63) is 35.9 Å². The van der Waals surface area contributed by atoms with Crippen molar-refractivity contribution >= 4 is 29.3 Å². The van der Waals surface area contributed by atoms with Gasteiger partial charge in [-0.3, -0.25) is 20.0 Å². The van der Waals surface area contributed by atoms with Crippen LogP contribution in [0.25, 0.3) is 0 Å². The monoisotopic (exact) mass is 324 g/mol. The Morgan fingerprint density at radius 1 is 1.45 bits per heavy atom. The first-order valence-electron chi connectivity index (χ1n) is 6.53. The van der Waals surface area contributed by atoms with Crippen LogP contribution in [0.3, 0.4) is 0 Å². The predicted octanol–water partition coefficient (Wildman–Crippen LogP) is 1.36. The van der Waals surface area contributed by atoms with Gasteiger partial charge in [0.15, 0.2) is 0 Å². The number of hydrogen-bond donors (Lipinski definition) is 2. The smallest absolute Gasteiger partial charge is 0.268 e. The second-order valence-electron chi connectivity index (χ2n) is 4.83. The van der Waals surface area contributed by atoms with E-state index in [2.05, 4.69) is 5.43 Å². The first kappa shape index (κ1) is 16.2. The molecule has 1 aromatic carbocycles. The van der Waals surface area contributed by atoms with Crippen LogP contribution in [0.4, 0.5) is 10.1 Å². The number of likely N-dealkylation sites (N-methyl/N-ethyl adjacent to an activating group) is 1. The molecule has 0 aromatic heterocycles. The molecule has 1 unspecified atom stereocenters. The highest BCUT2D eigenvalue weighted by atomic mass is 32.2. The fraction of sp³-hybridized carbons (Fsp3) is 0.286. The van der Waals surface area contributed by atoms with E-state index in [4.69, 9.17) is 5.73 Å². The first-order valence-corrected chi connectivity index (χ1v) is 7.75. The van der Waals surface area contributed by atoms with E-state index in [1.165, 1.54) is 41.0 Å². The summed E-state index contributed by atoms with van der Waals surface area (Å²) in [5, 5.41) is 1.28. The number of amides is 2. The number of nitrogens with two attached hydrogens (primary N) is 1. The molecule has 6 nitrogen and oxygen atoms in total. The SMILES string of the molecule is CSc1ccc(NN2C(C(N)=O)=CN(C)C(=O)C2C)c(F)c1. The lowest BCUT2D eigenvalue weighted by Gasteiger charge is -2.37. The highest BCUT2D eigenvalue weighted by molar-refractivity contribution is 7.98. The summed E-state index contributed by atoms with van der Waals surface area (Å²) in [6.45, 7) is 1.61. The third-order valence-electron chi connectivity index (χ3n) is 3.34. The van der Waals surface area contributed by atoms with Gasteiger partial charge in [0, 0.05) is 18.1 Å². The van der Waals surface area contributed by atoms with Gasteiger partial charge >= 0.3 is 0 Å². The number of carbonyl (C=O) groups excluding carboxylic acids is 2. The fourth-order valence-corrected chi connectivity index (χ4v) is 2.53. The van der Waals surface area contributed by atoms with Crippen LogP contribution in [-0.4, -0.2) is 41.1 Å². The van der Waals surface area contributed by atoms with Crippen molar-refractivity contribution in [1.82, 2.24) is 9.91 Å². The summed E-state index contributed by atoms with van der Waals surface area (Å²) in [7, 11) is 1.53. The lowest BCUT2D eigenvalue weighted by molar-refractivity contribution is -0.133. The number of rotatable bonds is 4. The highest BCUT2D eigenvalue weighted by Crippen LogP contribution is 2.25. The summed E-state index contributed by atoms with van der Waals surface area (Å²) >= 11 is 1.42. The standard InChI is InChI=1S/C14H17FN4O2S/c1-8-14(21)18(2)7-12(13(16)20)19(8)17-11-5-4-9(22-3)6-10(11)15/h4-8,17H,1-3H3,(H2,16,20). The van der Waals surface area contributed by atoms with Crippen LogP contribution < -0.4 is 11.2 Å². The molecular formula is C14H17FN4O2S. The summed E-state index contributed by atoms with van der Waals surface area (Å²) in [6.07, 6.45) is 3.17. The van der Waals surface area contributed by atoms with E-state index >= 15 is 0 Å². The normalized spacial score (nSPS) is 18.3.